The van der Waals surface area contributed by atoms with Crippen LogP contribution in [0.2, 0.25) is 0 Å². The van der Waals surface area contributed by atoms with Gasteiger partial charge < -0.3 is 15.5 Å². The Kier molecular flexibility index (Phi) is 5.61. The molecule has 0 radical (unpaired) electrons. The number of carbonyl (C=O) groups excluding carboxylic acids is 1. The molecule has 0 atom stereocenters. The summed E-state index contributed by atoms with van der Waals surface area (Å²) in [6.45, 7) is 9.56. The fraction of sp³-hybridized carbons (Fsp3) is 0.632. The quantitative estimate of drug-likeness (QED) is 0.842. The number of urea groups is 1. The van der Waals surface area contributed by atoms with E-state index in [1.807, 2.05) is 12.1 Å². The summed E-state index contributed by atoms with van der Waals surface area (Å²) in [4.78, 5) is 16.9. The molecule has 2 aliphatic rings. The molecule has 2 amide bonds. The smallest absolute Gasteiger partial charge is 0.319 e. The Morgan fingerprint density at radius 2 is 1.79 bits per heavy atom. The normalized spacial score (nSPS) is 18.7. The maximum atomic E-state index is 11.8. The molecule has 1 aliphatic heterocycles. The van der Waals surface area contributed by atoms with E-state index in [0.29, 0.717) is 12.5 Å². The van der Waals surface area contributed by atoms with E-state index in [1.54, 1.807) is 0 Å². The molecule has 132 valence electrons. The average molecular weight is 330 g/mol. The van der Waals surface area contributed by atoms with Gasteiger partial charge in [-0.05, 0) is 49.4 Å². The summed E-state index contributed by atoms with van der Waals surface area (Å²) < 4.78 is 0. The van der Waals surface area contributed by atoms with Crippen LogP contribution < -0.4 is 15.5 Å². The highest BCUT2D eigenvalue weighted by atomic mass is 16.2. The summed E-state index contributed by atoms with van der Waals surface area (Å²) in [5.74, 6) is 0.602. The maximum absolute atomic E-state index is 11.8. The van der Waals surface area contributed by atoms with Gasteiger partial charge in [-0.15, -0.1) is 0 Å². The first kappa shape index (κ1) is 17.1. The summed E-state index contributed by atoms with van der Waals surface area (Å²) >= 11 is 0. The van der Waals surface area contributed by atoms with Gasteiger partial charge in [-0.1, -0.05) is 13.8 Å². The fourth-order valence-electron chi connectivity index (χ4n) is 3.19. The molecule has 0 spiro atoms. The maximum Gasteiger partial charge on any atom is 0.319 e. The van der Waals surface area contributed by atoms with Crippen molar-refractivity contribution in [3.8, 4) is 0 Å². The zero-order valence-corrected chi connectivity index (χ0v) is 14.9. The summed E-state index contributed by atoms with van der Waals surface area (Å²) in [6, 6.07) is 8.94. The molecule has 1 aromatic rings. The Morgan fingerprint density at radius 3 is 2.38 bits per heavy atom. The Labute approximate surface area is 145 Å². The van der Waals surface area contributed by atoms with E-state index in [1.165, 1.54) is 31.6 Å². The number of piperazine rings is 1. The minimum atomic E-state index is -0.124. The molecule has 0 bridgehead atoms. The van der Waals surface area contributed by atoms with Crippen molar-refractivity contribution in [2.24, 2.45) is 5.92 Å². The third kappa shape index (κ3) is 4.87. The molecule has 1 aromatic carbocycles. The number of rotatable bonds is 6. The van der Waals surface area contributed by atoms with Gasteiger partial charge >= 0.3 is 6.03 Å². The standard InChI is InChI=1S/C19H30N4O/c1-15(2)9-10-20-19(24)21-16-3-5-17(6-4-16)22-11-13-23(14-12-22)18-7-8-18/h3-6,15,18H,7-14H2,1-2H3,(H2,20,21,24). The highest BCUT2D eigenvalue weighted by molar-refractivity contribution is 5.89. The molecule has 1 saturated heterocycles. The van der Waals surface area contributed by atoms with Gasteiger partial charge in [0.15, 0.2) is 0 Å². The van der Waals surface area contributed by atoms with E-state index in [9.17, 15) is 4.79 Å². The molecular weight excluding hydrogens is 300 g/mol. The van der Waals surface area contributed by atoms with E-state index < -0.39 is 0 Å². The van der Waals surface area contributed by atoms with Gasteiger partial charge in [0.1, 0.15) is 0 Å². The monoisotopic (exact) mass is 330 g/mol. The molecule has 2 fully saturated rings. The van der Waals surface area contributed by atoms with Crippen LogP contribution in [0.5, 0.6) is 0 Å². The third-order valence-electron chi connectivity index (χ3n) is 4.88. The lowest BCUT2D eigenvalue weighted by Crippen LogP contribution is -2.47. The van der Waals surface area contributed by atoms with Crippen LogP contribution in [0.1, 0.15) is 33.1 Å². The topological polar surface area (TPSA) is 47.6 Å². The molecule has 1 heterocycles. The summed E-state index contributed by atoms with van der Waals surface area (Å²) in [5, 5.41) is 5.80. The first-order valence-corrected chi connectivity index (χ1v) is 9.26. The van der Waals surface area contributed by atoms with Gasteiger partial charge in [-0.3, -0.25) is 4.90 Å². The van der Waals surface area contributed by atoms with Gasteiger partial charge in [0.25, 0.3) is 0 Å². The van der Waals surface area contributed by atoms with Crippen LogP contribution in [0.3, 0.4) is 0 Å². The van der Waals surface area contributed by atoms with E-state index in [-0.39, 0.29) is 6.03 Å². The van der Waals surface area contributed by atoms with Crippen molar-refractivity contribution in [2.75, 3.05) is 42.9 Å². The Balaban J connectivity index is 1.44. The molecule has 1 aliphatic carbocycles. The number of benzene rings is 1. The SMILES string of the molecule is CC(C)CCNC(=O)Nc1ccc(N2CCN(C3CC3)CC2)cc1. The molecule has 5 nitrogen and oxygen atoms in total. The third-order valence-corrected chi connectivity index (χ3v) is 4.88. The van der Waals surface area contributed by atoms with E-state index in [4.69, 9.17) is 0 Å². The van der Waals surface area contributed by atoms with Crippen molar-refractivity contribution in [3.05, 3.63) is 24.3 Å². The number of nitrogens with zero attached hydrogens (tertiary/aromatic N) is 2. The van der Waals surface area contributed by atoms with Gasteiger partial charge in [-0.2, -0.15) is 0 Å². The van der Waals surface area contributed by atoms with Gasteiger partial charge in [0, 0.05) is 50.1 Å². The van der Waals surface area contributed by atoms with Gasteiger partial charge in [0.05, 0.1) is 0 Å². The van der Waals surface area contributed by atoms with Crippen molar-refractivity contribution >= 4 is 17.4 Å². The second-order valence-electron chi connectivity index (χ2n) is 7.36. The molecule has 3 rings (SSSR count). The number of carbonyl (C=O) groups is 1. The Bertz CT molecular complexity index is 531. The Hall–Kier alpha value is -1.75. The van der Waals surface area contributed by atoms with Crippen LogP contribution in [0.15, 0.2) is 24.3 Å². The molecule has 0 unspecified atom stereocenters. The van der Waals surface area contributed by atoms with Crippen LogP contribution >= 0.6 is 0 Å². The number of amides is 2. The largest absolute Gasteiger partial charge is 0.369 e. The molecule has 24 heavy (non-hydrogen) atoms. The van der Waals surface area contributed by atoms with Crippen LogP contribution in [0.4, 0.5) is 16.2 Å². The van der Waals surface area contributed by atoms with Crippen LogP contribution in [0, 0.1) is 5.92 Å². The van der Waals surface area contributed by atoms with Crippen LogP contribution in [-0.4, -0.2) is 49.7 Å². The second kappa shape index (κ2) is 7.88. The van der Waals surface area contributed by atoms with Gasteiger partial charge in [0.2, 0.25) is 0 Å². The second-order valence-corrected chi connectivity index (χ2v) is 7.36. The number of hydrogen-bond acceptors (Lipinski definition) is 3. The molecular formula is C19H30N4O. The van der Waals surface area contributed by atoms with Crippen molar-refractivity contribution in [3.63, 3.8) is 0 Å². The first-order chi connectivity index (χ1) is 11.6. The lowest BCUT2D eigenvalue weighted by atomic mass is 10.1. The minimum absolute atomic E-state index is 0.124. The molecule has 2 N–H and O–H groups in total. The van der Waals surface area contributed by atoms with E-state index in [2.05, 4.69) is 46.4 Å². The van der Waals surface area contributed by atoms with Crippen molar-refractivity contribution in [2.45, 2.75) is 39.2 Å². The van der Waals surface area contributed by atoms with Crippen molar-refractivity contribution in [1.29, 1.82) is 0 Å². The van der Waals surface area contributed by atoms with Crippen molar-refractivity contribution < 1.29 is 4.79 Å². The first-order valence-electron chi connectivity index (χ1n) is 9.26. The minimum Gasteiger partial charge on any atom is -0.369 e. The van der Waals surface area contributed by atoms with Crippen molar-refractivity contribution in [1.82, 2.24) is 10.2 Å². The zero-order valence-electron chi connectivity index (χ0n) is 14.9. The average Bonchev–Trinajstić information content (AvgIpc) is 3.40. The lowest BCUT2D eigenvalue weighted by Gasteiger charge is -2.36. The van der Waals surface area contributed by atoms with E-state index >= 15 is 0 Å². The summed E-state index contributed by atoms with van der Waals surface area (Å²) in [7, 11) is 0. The van der Waals surface area contributed by atoms with E-state index in [0.717, 1.165) is 31.2 Å². The van der Waals surface area contributed by atoms with Gasteiger partial charge in [-0.25, -0.2) is 4.79 Å². The zero-order chi connectivity index (χ0) is 16.9. The predicted octanol–water partition coefficient (Wildman–Crippen LogP) is 3.14. The lowest BCUT2D eigenvalue weighted by molar-refractivity contribution is 0.248. The number of nitrogens with one attached hydrogen (secondary N) is 2. The summed E-state index contributed by atoms with van der Waals surface area (Å²) in [5.41, 5.74) is 2.09. The Morgan fingerprint density at radius 1 is 1.12 bits per heavy atom. The highest BCUT2D eigenvalue weighted by Crippen LogP contribution is 2.28. The van der Waals surface area contributed by atoms with Crippen LogP contribution in [-0.2, 0) is 0 Å². The number of anilines is 2. The fourth-order valence-corrected chi connectivity index (χ4v) is 3.19. The highest BCUT2D eigenvalue weighted by Gasteiger charge is 2.31. The summed E-state index contributed by atoms with van der Waals surface area (Å²) in [6.07, 6.45) is 3.78. The predicted molar refractivity (Wildman–Crippen MR) is 99.7 cm³/mol. The molecule has 5 heteroatoms. The molecule has 0 aromatic heterocycles. The van der Waals surface area contributed by atoms with Crippen LogP contribution in [0.25, 0.3) is 0 Å². The molecule has 1 saturated carbocycles. The number of hydrogen-bond donors (Lipinski definition) is 2.